The van der Waals surface area contributed by atoms with Gasteiger partial charge in [-0.1, -0.05) is 0 Å². The van der Waals surface area contributed by atoms with E-state index < -0.39 is 0 Å². The summed E-state index contributed by atoms with van der Waals surface area (Å²) < 4.78 is 21.9. The smallest absolute Gasteiger partial charge is 0.231 e. The van der Waals surface area contributed by atoms with Crippen LogP contribution in [0.5, 0.6) is 23.0 Å². The molecule has 0 saturated heterocycles. The summed E-state index contributed by atoms with van der Waals surface area (Å²) in [6.45, 7) is 0.125. The Hall–Kier alpha value is -2.90. The third-order valence-corrected chi connectivity index (χ3v) is 4.08. The number of ether oxygens (including phenoxy) is 4. The summed E-state index contributed by atoms with van der Waals surface area (Å²) in [5.41, 5.74) is 1.69. The van der Waals surface area contributed by atoms with Gasteiger partial charge in [0.05, 0.1) is 20.4 Å². The number of hydrogen-bond acceptors (Lipinski definition) is 6. The number of benzene rings is 1. The van der Waals surface area contributed by atoms with Gasteiger partial charge in [0.1, 0.15) is 5.82 Å². The van der Waals surface area contributed by atoms with Crippen LogP contribution < -0.4 is 24.3 Å². The number of hydrogen-bond donors (Lipinski definition) is 2. The average molecular weight is 317 g/mol. The molecule has 0 spiro atoms. The summed E-state index contributed by atoms with van der Waals surface area (Å²) in [5.74, 6) is 2.39. The lowest BCUT2D eigenvalue weighted by Gasteiger charge is -2.25. The molecule has 8 heteroatoms. The standard InChI is InChI=1S/C15H15N3O5/c1-20-12-8(3-10-13(14(12)21-2)23-6-22-10)7-4-11(19)17-15-9(7)5-16-18-15/h3,5,7H,4,6H2,1-2H3,(H2,16,17,18,19)/t7-/m1/s1. The lowest BCUT2D eigenvalue weighted by molar-refractivity contribution is -0.116. The van der Waals surface area contributed by atoms with E-state index in [1.165, 1.54) is 0 Å². The second-order valence-corrected chi connectivity index (χ2v) is 5.27. The number of rotatable bonds is 3. The molecule has 8 nitrogen and oxygen atoms in total. The van der Waals surface area contributed by atoms with E-state index in [4.69, 9.17) is 18.9 Å². The predicted octanol–water partition coefficient (Wildman–Crippen LogP) is 1.63. The first-order chi connectivity index (χ1) is 11.2. The number of methoxy groups -OCH3 is 2. The Morgan fingerprint density at radius 3 is 2.83 bits per heavy atom. The highest BCUT2D eigenvalue weighted by atomic mass is 16.7. The van der Waals surface area contributed by atoms with Gasteiger partial charge in [0.15, 0.2) is 11.5 Å². The Labute approximate surface area is 131 Å². The zero-order chi connectivity index (χ0) is 16.0. The van der Waals surface area contributed by atoms with Crippen molar-refractivity contribution in [2.45, 2.75) is 12.3 Å². The molecule has 1 aromatic heterocycles. The number of nitrogens with zero attached hydrogens (tertiary/aromatic N) is 1. The van der Waals surface area contributed by atoms with Crippen molar-refractivity contribution in [3.63, 3.8) is 0 Å². The fourth-order valence-corrected chi connectivity index (χ4v) is 3.09. The second-order valence-electron chi connectivity index (χ2n) is 5.27. The molecule has 0 fully saturated rings. The van der Waals surface area contributed by atoms with Crippen molar-refractivity contribution in [2.75, 3.05) is 26.3 Å². The quantitative estimate of drug-likeness (QED) is 0.893. The summed E-state index contributed by atoms with van der Waals surface area (Å²) in [5, 5.41) is 9.59. The molecule has 0 bridgehead atoms. The minimum Gasteiger partial charge on any atom is -0.492 e. The van der Waals surface area contributed by atoms with Crippen molar-refractivity contribution in [2.24, 2.45) is 0 Å². The molecular weight excluding hydrogens is 302 g/mol. The number of H-pyrrole nitrogens is 1. The largest absolute Gasteiger partial charge is 0.492 e. The highest BCUT2D eigenvalue weighted by Crippen LogP contribution is 2.53. The fourth-order valence-electron chi connectivity index (χ4n) is 3.09. The minimum absolute atomic E-state index is 0.0922. The maximum absolute atomic E-state index is 12.0. The Kier molecular flexibility index (Phi) is 3.03. The van der Waals surface area contributed by atoms with Crippen LogP contribution in [-0.2, 0) is 4.79 Å². The molecule has 1 amide bonds. The van der Waals surface area contributed by atoms with Crippen LogP contribution in [-0.4, -0.2) is 37.1 Å². The summed E-state index contributed by atoms with van der Waals surface area (Å²) >= 11 is 0. The minimum atomic E-state index is -0.212. The number of anilines is 1. The van der Waals surface area contributed by atoms with Crippen LogP contribution in [0.25, 0.3) is 0 Å². The molecule has 2 aromatic rings. The zero-order valence-corrected chi connectivity index (χ0v) is 12.6. The number of aromatic amines is 1. The number of amides is 1. The second kappa shape index (κ2) is 5.08. The Balaban J connectivity index is 1.92. The van der Waals surface area contributed by atoms with Gasteiger partial charge in [0.25, 0.3) is 0 Å². The summed E-state index contributed by atoms with van der Waals surface area (Å²) in [6.07, 6.45) is 1.99. The summed E-state index contributed by atoms with van der Waals surface area (Å²) in [6, 6.07) is 1.84. The molecule has 1 atom stereocenters. The molecule has 2 aliphatic rings. The van der Waals surface area contributed by atoms with Crippen LogP contribution in [0.3, 0.4) is 0 Å². The van der Waals surface area contributed by atoms with Crippen molar-refractivity contribution in [1.82, 2.24) is 10.2 Å². The summed E-state index contributed by atoms with van der Waals surface area (Å²) in [7, 11) is 3.10. The first kappa shape index (κ1) is 13.7. The van der Waals surface area contributed by atoms with Gasteiger partial charge < -0.3 is 24.3 Å². The van der Waals surface area contributed by atoms with Crippen molar-refractivity contribution < 1.29 is 23.7 Å². The molecule has 120 valence electrons. The van der Waals surface area contributed by atoms with Gasteiger partial charge in [-0.3, -0.25) is 9.89 Å². The van der Waals surface area contributed by atoms with Crippen LogP contribution >= 0.6 is 0 Å². The molecule has 1 aromatic carbocycles. The lowest BCUT2D eigenvalue weighted by atomic mass is 9.86. The van der Waals surface area contributed by atoms with E-state index in [1.807, 2.05) is 6.07 Å². The molecule has 23 heavy (non-hydrogen) atoms. The molecule has 0 unspecified atom stereocenters. The van der Waals surface area contributed by atoms with Gasteiger partial charge in [-0.2, -0.15) is 5.10 Å². The molecule has 0 saturated carbocycles. The molecular formula is C15H15N3O5. The number of fused-ring (bicyclic) bond motifs is 2. The van der Waals surface area contributed by atoms with Gasteiger partial charge in [0.2, 0.25) is 24.2 Å². The maximum atomic E-state index is 12.0. The zero-order valence-electron chi connectivity index (χ0n) is 12.6. The average Bonchev–Trinajstić information content (AvgIpc) is 3.20. The monoisotopic (exact) mass is 317 g/mol. The van der Waals surface area contributed by atoms with Crippen molar-refractivity contribution >= 4 is 11.7 Å². The van der Waals surface area contributed by atoms with Crippen LogP contribution in [0.2, 0.25) is 0 Å². The number of carbonyl (C=O) groups is 1. The highest BCUT2D eigenvalue weighted by molar-refractivity contribution is 5.94. The highest BCUT2D eigenvalue weighted by Gasteiger charge is 2.34. The number of aromatic nitrogens is 2. The van der Waals surface area contributed by atoms with E-state index in [2.05, 4.69) is 15.5 Å². The third kappa shape index (κ3) is 1.98. The topological polar surface area (TPSA) is 94.7 Å². The Morgan fingerprint density at radius 2 is 2.04 bits per heavy atom. The first-order valence-corrected chi connectivity index (χ1v) is 7.10. The predicted molar refractivity (Wildman–Crippen MR) is 79.3 cm³/mol. The Bertz CT molecular complexity index is 786. The van der Waals surface area contributed by atoms with E-state index in [0.29, 0.717) is 28.8 Å². The van der Waals surface area contributed by atoms with Crippen molar-refractivity contribution in [3.05, 3.63) is 23.4 Å². The van der Waals surface area contributed by atoms with E-state index in [9.17, 15) is 4.79 Å². The van der Waals surface area contributed by atoms with Gasteiger partial charge >= 0.3 is 0 Å². The molecule has 4 rings (SSSR count). The maximum Gasteiger partial charge on any atom is 0.231 e. The van der Waals surface area contributed by atoms with Crippen molar-refractivity contribution in [3.8, 4) is 23.0 Å². The van der Waals surface area contributed by atoms with E-state index in [1.54, 1.807) is 20.4 Å². The SMILES string of the molecule is COc1c([C@H]2CC(=O)Nc3[nH]ncc32)cc2c(c1OC)OCO2. The summed E-state index contributed by atoms with van der Waals surface area (Å²) in [4.78, 5) is 12.0. The molecule has 0 aliphatic carbocycles. The fraction of sp³-hybridized carbons (Fsp3) is 0.333. The van der Waals surface area contributed by atoms with E-state index in [-0.39, 0.29) is 25.0 Å². The molecule has 3 heterocycles. The molecule has 0 radical (unpaired) electrons. The first-order valence-electron chi connectivity index (χ1n) is 7.10. The van der Waals surface area contributed by atoms with Crippen LogP contribution in [0, 0.1) is 0 Å². The lowest BCUT2D eigenvalue weighted by Crippen LogP contribution is -2.23. The number of carbonyl (C=O) groups excluding carboxylic acids is 1. The van der Waals surface area contributed by atoms with Crippen LogP contribution in [0.1, 0.15) is 23.5 Å². The normalized spacial score (nSPS) is 18.3. The van der Waals surface area contributed by atoms with Gasteiger partial charge in [-0.15, -0.1) is 0 Å². The molecule has 2 N–H and O–H groups in total. The van der Waals surface area contributed by atoms with E-state index in [0.717, 1.165) is 11.1 Å². The van der Waals surface area contributed by atoms with Crippen LogP contribution in [0.4, 0.5) is 5.82 Å². The van der Waals surface area contributed by atoms with E-state index >= 15 is 0 Å². The Morgan fingerprint density at radius 1 is 1.22 bits per heavy atom. The van der Waals surface area contributed by atoms with Gasteiger partial charge in [-0.25, -0.2) is 0 Å². The van der Waals surface area contributed by atoms with Gasteiger partial charge in [0, 0.05) is 23.5 Å². The van der Waals surface area contributed by atoms with Crippen molar-refractivity contribution in [1.29, 1.82) is 0 Å². The third-order valence-electron chi connectivity index (χ3n) is 4.08. The van der Waals surface area contributed by atoms with Gasteiger partial charge in [-0.05, 0) is 6.07 Å². The molecule has 2 aliphatic heterocycles. The number of nitrogens with one attached hydrogen (secondary N) is 2. The van der Waals surface area contributed by atoms with Crippen LogP contribution in [0.15, 0.2) is 12.3 Å².